The normalized spacial score (nSPS) is 10.2. The average molecular weight is 331 g/mol. The Labute approximate surface area is 141 Å². The van der Waals surface area contributed by atoms with Gasteiger partial charge in [0.25, 0.3) is 5.91 Å². The predicted molar refractivity (Wildman–Crippen MR) is 87.4 cm³/mol. The maximum Gasteiger partial charge on any atom is 0.309 e. The van der Waals surface area contributed by atoms with Crippen molar-refractivity contribution in [2.24, 2.45) is 0 Å². The summed E-state index contributed by atoms with van der Waals surface area (Å²) >= 11 is 0. The third-order valence-electron chi connectivity index (χ3n) is 3.35. The summed E-state index contributed by atoms with van der Waals surface area (Å²) in [7, 11) is 1.62. The number of esters is 1. The van der Waals surface area contributed by atoms with Gasteiger partial charge in [0.15, 0.2) is 6.61 Å². The Bertz CT molecular complexity index is 649. The number of aryl methyl sites for hydroxylation is 1. The molecule has 128 valence electrons. The number of amides is 1. The topological polar surface area (TPSA) is 69.0 Å². The number of hydrogen-bond donors (Lipinski definition) is 0. The molecular weight excluding hydrogens is 310 g/mol. The molecule has 1 amide bonds. The maximum absolute atomic E-state index is 11.9. The van der Waals surface area contributed by atoms with Crippen LogP contribution in [0.1, 0.15) is 17.7 Å². The summed E-state index contributed by atoms with van der Waals surface area (Å²) in [5.41, 5.74) is 1.14. The van der Waals surface area contributed by atoms with Crippen LogP contribution < -0.4 is 4.74 Å². The minimum atomic E-state index is -0.470. The van der Waals surface area contributed by atoms with E-state index in [4.69, 9.17) is 13.9 Å². The molecule has 6 nitrogen and oxygen atoms in total. The van der Waals surface area contributed by atoms with E-state index < -0.39 is 5.97 Å². The summed E-state index contributed by atoms with van der Waals surface area (Å²) in [6, 6.07) is 11.1. The van der Waals surface area contributed by atoms with Crippen LogP contribution in [0.15, 0.2) is 47.1 Å². The van der Waals surface area contributed by atoms with Crippen LogP contribution in [0.3, 0.4) is 0 Å². The molecule has 0 saturated carbocycles. The zero-order chi connectivity index (χ0) is 17.4. The van der Waals surface area contributed by atoms with Crippen LogP contribution in [0.2, 0.25) is 0 Å². The minimum absolute atomic E-state index is 0.0864. The van der Waals surface area contributed by atoms with Crippen LogP contribution in [0.4, 0.5) is 0 Å². The van der Waals surface area contributed by atoms with Gasteiger partial charge in [-0.25, -0.2) is 0 Å². The molecule has 0 N–H and O–H groups in total. The smallest absolute Gasteiger partial charge is 0.309 e. The average Bonchev–Trinajstić information content (AvgIpc) is 3.07. The van der Waals surface area contributed by atoms with Crippen molar-refractivity contribution in [2.45, 2.75) is 19.9 Å². The van der Waals surface area contributed by atoms with Crippen LogP contribution in [0, 0.1) is 6.92 Å². The number of benzene rings is 1. The Balaban J connectivity index is 1.63. The molecule has 0 aliphatic heterocycles. The zero-order valence-corrected chi connectivity index (χ0v) is 13.9. The number of likely N-dealkylation sites (N-methyl/N-ethyl adjacent to an activating group) is 1. The zero-order valence-electron chi connectivity index (χ0n) is 13.9. The van der Waals surface area contributed by atoms with Crippen LogP contribution in [0.5, 0.6) is 5.75 Å². The summed E-state index contributed by atoms with van der Waals surface area (Å²) in [6.07, 6.45) is 1.63. The molecule has 0 unspecified atom stereocenters. The molecule has 6 heteroatoms. The first-order valence-corrected chi connectivity index (χ1v) is 7.66. The number of rotatable bonds is 8. The summed E-state index contributed by atoms with van der Waals surface area (Å²) < 4.78 is 15.6. The fourth-order valence-electron chi connectivity index (χ4n) is 1.94. The van der Waals surface area contributed by atoms with Gasteiger partial charge in [-0.1, -0.05) is 17.7 Å². The number of nitrogens with zero attached hydrogens (tertiary/aromatic N) is 1. The van der Waals surface area contributed by atoms with Gasteiger partial charge in [-0.2, -0.15) is 0 Å². The van der Waals surface area contributed by atoms with Gasteiger partial charge in [-0.15, -0.1) is 0 Å². The second-order valence-electron chi connectivity index (χ2n) is 5.40. The van der Waals surface area contributed by atoms with Crippen LogP contribution in [-0.4, -0.2) is 37.0 Å². The Hall–Kier alpha value is -2.76. The van der Waals surface area contributed by atoms with Gasteiger partial charge in [-0.3, -0.25) is 9.59 Å². The molecule has 2 rings (SSSR count). The Morgan fingerprint density at radius 1 is 1.17 bits per heavy atom. The lowest BCUT2D eigenvalue weighted by molar-refractivity contribution is -0.152. The standard InChI is InChI=1S/C18H21NO5/c1-14-5-7-15(8-6-14)23-11-9-18(21)24-13-17(20)19(2)12-16-4-3-10-22-16/h3-8,10H,9,11-13H2,1-2H3. The third-order valence-corrected chi connectivity index (χ3v) is 3.35. The lowest BCUT2D eigenvalue weighted by Crippen LogP contribution is -2.30. The fraction of sp³-hybridized carbons (Fsp3) is 0.333. The van der Waals surface area contributed by atoms with E-state index in [9.17, 15) is 9.59 Å². The third kappa shape index (κ3) is 5.79. The lowest BCUT2D eigenvalue weighted by Gasteiger charge is -2.15. The van der Waals surface area contributed by atoms with Crippen molar-refractivity contribution >= 4 is 11.9 Å². The molecule has 0 saturated heterocycles. The van der Waals surface area contributed by atoms with Gasteiger partial charge < -0.3 is 18.8 Å². The van der Waals surface area contributed by atoms with Gasteiger partial charge >= 0.3 is 5.97 Å². The summed E-state index contributed by atoms with van der Waals surface area (Å²) in [5, 5.41) is 0. The number of carbonyl (C=O) groups excluding carboxylic acids is 2. The molecule has 0 atom stereocenters. The van der Waals surface area contributed by atoms with Crippen molar-refractivity contribution in [3.63, 3.8) is 0 Å². The molecule has 0 aliphatic rings. The number of carbonyl (C=O) groups is 2. The van der Waals surface area contributed by atoms with Gasteiger partial charge in [0, 0.05) is 7.05 Å². The van der Waals surface area contributed by atoms with E-state index in [0.29, 0.717) is 18.1 Å². The molecule has 0 spiro atoms. The Kier molecular flexibility index (Phi) is 6.42. The van der Waals surface area contributed by atoms with E-state index in [-0.39, 0.29) is 25.5 Å². The van der Waals surface area contributed by atoms with Crippen molar-refractivity contribution in [3.05, 3.63) is 54.0 Å². The van der Waals surface area contributed by atoms with Gasteiger partial charge in [0.2, 0.25) is 0 Å². The van der Waals surface area contributed by atoms with E-state index in [0.717, 1.165) is 5.56 Å². The van der Waals surface area contributed by atoms with Gasteiger partial charge in [-0.05, 0) is 31.2 Å². The van der Waals surface area contributed by atoms with E-state index >= 15 is 0 Å². The lowest BCUT2D eigenvalue weighted by atomic mass is 10.2. The molecular formula is C18H21NO5. The van der Waals surface area contributed by atoms with Crippen molar-refractivity contribution in [1.82, 2.24) is 4.90 Å². The van der Waals surface area contributed by atoms with Crippen LogP contribution >= 0.6 is 0 Å². The monoisotopic (exact) mass is 331 g/mol. The fourth-order valence-corrected chi connectivity index (χ4v) is 1.94. The van der Waals surface area contributed by atoms with Crippen LogP contribution in [-0.2, 0) is 20.9 Å². The Morgan fingerprint density at radius 2 is 1.92 bits per heavy atom. The van der Waals surface area contributed by atoms with E-state index in [1.165, 1.54) is 4.90 Å². The number of furan rings is 1. The second-order valence-corrected chi connectivity index (χ2v) is 5.40. The van der Waals surface area contributed by atoms with Crippen molar-refractivity contribution in [1.29, 1.82) is 0 Å². The second kappa shape index (κ2) is 8.76. The SMILES string of the molecule is Cc1ccc(OCCC(=O)OCC(=O)N(C)Cc2ccco2)cc1. The first-order valence-electron chi connectivity index (χ1n) is 7.66. The summed E-state index contributed by atoms with van der Waals surface area (Å²) in [6.45, 7) is 2.24. The van der Waals surface area contributed by atoms with Gasteiger partial charge in [0.1, 0.15) is 11.5 Å². The maximum atomic E-state index is 11.9. The van der Waals surface area contributed by atoms with E-state index in [1.54, 1.807) is 25.4 Å². The molecule has 24 heavy (non-hydrogen) atoms. The molecule has 1 aromatic carbocycles. The molecule has 1 heterocycles. The molecule has 0 aliphatic carbocycles. The van der Waals surface area contributed by atoms with Crippen molar-refractivity contribution in [2.75, 3.05) is 20.3 Å². The van der Waals surface area contributed by atoms with Crippen molar-refractivity contribution in [3.8, 4) is 5.75 Å². The molecule has 2 aromatic rings. The number of hydrogen-bond acceptors (Lipinski definition) is 5. The van der Waals surface area contributed by atoms with E-state index in [1.807, 2.05) is 31.2 Å². The van der Waals surface area contributed by atoms with Crippen molar-refractivity contribution < 1.29 is 23.5 Å². The van der Waals surface area contributed by atoms with Gasteiger partial charge in [0.05, 0.1) is 25.8 Å². The highest BCUT2D eigenvalue weighted by Gasteiger charge is 2.13. The summed E-state index contributed by atoms with van der Waals surface area (Å²) in [4.78, 5) is 25.0. The predicted octanol–water partition coefficient (Wildman–Crippen LogP) is 2.56. The Morgan fingerprint density at radius 3 is 2.58 bits per heavy atom. The molecule has 0 bridgehead atoms. The molecule has 0 fully saturated rings. The highest BCUT2D eigenvalue weighted by molar-refractivity contribution is 5.80. The van der Waals surface area contributed by atoms with Crippen LogP contribution in [0.25, 0.3) is 0 Å². The minimum Gasteiger partial charge on any atom is -0.493 e. The first-order chi connectivity index (χ1) is 11.5. The molecule has 0 radical (unpaired) electrons. The summed E-state index contributed by atoms with van der Waals surface area (Å²) in [5.74, 6) is 0.604. The quantitative estimate of drug-likeness (QED) is 0.695. The largest absolute Gasteiger partial charge is 0.493 e. The highest BCUT2D eigenvalue weighted by atomic mass is 16.5. The molecule has 1 aromatic heterocycles. The number of ether oxygens (including phenoxy) is 2. The highest BCUT2D eigenvalue weighted by Crippen LogP contribution is 2.11. The first kappa shape index (κ1) is 17.6. The van der Waals surface area contributed by atoms with E-state index in [2.05, 4.69) is 0 Å².